The molecule has 1 saturated heterocycles. The molecule has 3 rings (SSSR count). The van der Waals surface area contributed by atoms with Crippen LogP contribution in [0.15, 0.2) is 48.8 Å². The zero-order valence-electron chi connectivity index (χ0n) is 13.5. The van der Waals surface area contributed by atoms with Crippen molar-refractivity contribution in [3.05, 3.63) is 59.9 Å². The van der Waals surface area contributed by atoms with Gasteiger partial charge in [0.15, 0.2) is 0 Å². The van der Waals surface area contributed by atoms with Gasteiger partial charge in [-0.2, -0.15) is 0 Å². The second-order valence-corrected chi connectivity index (χ2v) is 5.80. The van der Waals surface area contributed by atoms with Gasteiger partial charge < -0.3 is 19.5 Å². The summed E-state index contributed by atoms with van der Waals surface area (Å²) in [5.41, 5.74) is 1.94. The van der Waals surface area contributed by atoms with Crippen molar-refractivity contribution in [1.29, 1.82) is 0 Å². The third-order valence-electron chi connectivity index (χ3n) is 4.11. The molecule has 1 fully saturated rings. The number of nitrogens with zero attached hydrogens (tertiary/aromatic N) is 2. The molecule has 0 bridgehead atoms. The molecular weight excluding hydrogens is 306 g/mol. The average molecular weight is 327 g/mol. The van der Waals surface area contributed by atoms with E-state index in [0.29, 0.717) is 32.6 Å². The minimum atomic E-state index is -0.323. The number of rotatable bonds is 4. The number of piperazine rings is 1. The second kappa shape index (κ2) is 7.68. The number of hydrogen-bond donors (Lipinski definition) is 1. The Labute approximate surface area is 141 Å². The normalized spacial score (nSPS) is 14.5. The summed E-state index contributed by atoms with van der Waals surface area (Å²) in [6.45, 7) is 2.37. The van der Waals surface area contributed by atoms with Gasteiger partial charge in [-0.05, 0) is 17.2 Å². The Morgan fingerprint density at radius 3 is 2.33 bits per heavy atom. The molecule has 0 aliphatic carbocycles. The zero-order valence-corrected chi connectivity index (χ0v) is 13.5. The van der Waals surface area contributed by atoms with Gasteiger partial charge in [-0.3, -0.25) is 4.79 Å². The number of aromatic amines is 1. The van der Waals surface area contributed by atoms with Crippen LogP contribution in [-0.4, -0.2) is 53.0 Å². The summed E-state index contributed by atoms with van der Waals surface area (Å²) >= 11 is 0. The van der Waals surface area contributed by atoms with Crippen LogP contribution >= 0.6 is 0 Å². The fourth-order valence-corrected chi connectivity index (χ4v) is 2.70. The molecule has 6 heteroatoms. The summed E-state index contributed by atoms with van der Waals surface area (Å²) < 4.78 is 5.33. The predicted octanol–water partition coefficient (Wildman–Crippen LogP) is 2.04. The molecule has 0 spiro atoms. The SMILES string of the molecule is O=C(Cc1cc[nH]c1)N1CCN(C(=O)OCc2ccccc2)CC1. The molecule has 0 unspecified atom stereocenters. The van der Waals surface area contributed by atoms with E-state index in [2.05, 4.69) is 4.98 Å². The quantitative estimate of drug-likeness (QED) is 0.934. The fraction of sp³-hybridized carbons (Fsp3) is 0.333. The molecule has 1 N–H and O–H groups in total. The van der Waals surface area contributed by atoms with E-state index < -0.39 is 0 Å². The molecule has 0 saturated carbocycles. The predicted molar refractivity (Wildman–Crippen MR) is 89.3 cm³/mol. The lowest BCUT2D eigenvalue weighted by Crippen LogP contribution is -2.51. The first-order valence-electron chi connectivity index (χ1n) is 8.07. The van der Waals surface area contributed by atoms with Gasteiger partial charge >= 0.3 is 6.09 Å². The molecule has 1 aliphatic heterocycles. The third kappa shape index (κ3) is 4.16. The highest BCUT2D eigenvalue weighted by Gasteiger charge is 2.25. The van der Waals surface area contributed by atoms with Crippen molar-refractivity contribution in [1.82, 2.24) is 14.8 Å². The minimum Gasteiger partial charge on any atom is -0.445 e. The topological polar surface area (TPSA) is 65.6 Å². The molecule has 1 aliphatic rings. The monoisotopic (exact) mass is 327 g/mol. The largest absolute Gasteiger partial charge is 0.445 e. The van der Waals surface area contributed by atoms with E-state index in [0.717, 1.165) is 11.1 Å². The highest BCUT2D eigenvalue weighted by Crippen LogP contribution is 2.09. The maximum absolute atomic E-state index is 12.2. The van der Waals surface area contributed by atoms with E-state index in [-0.39, 0.29) is 18.6 Å². The van der Waals surface area contributed by atoms with E-state index in [9.17, 15) is 9.59 Å². The van der Waals surface area contributed by atoms with E-state index >= 15 is 0 Å². The molecule has 24 heavy (non-hydrogen) atoms. The van der Waals surface area contributed by atoms with Gasteiger partial charge in [0.05, 0.1) is 6.42 Å². The van der Waals surface area contributed by atoms with Crippen LogP contribution in [0.1, 0.15) is 11.1 Å². The van der Waals surface area contributed by atoms with Crippen molar-refractivity contribution < 1.29 is 14.3 Å². The van der Waals surface area contributed by atoms with Crippen LogP contribution in [0.5, 0.6) is 0 Å². The Morgan fingerprint density at radius 2 is 1.67 bits per heavy atom. The summed E-state index contributed by atoms with van der Waals surface area (Å²) in [6, 6.07) is 11.5. The Kier molecular flexibility index (Phi) is 5.15. The van der Waals surface area contributed by atoms with Gasteiger partial charge in [-0.1, -0.05) is 30.3 Å². The van der Waals surface area contributed by atoms with Crippen molar-refractivity contribution in [2.45, 2.75) is 13.0 Å². The first kappa shape index (κ1) is 16.1. The van der Waals surface area contributed by atoms with Crippen molar-refractivity contribution >= 4 is 12.0 Å². The average Bonchev–Trinajstić information content (AvgIpc) is 3.13. The van der Waals surface area contributed by atoms with Crippen LogP contribution in [0.3, 0.4) is 0 Å². The molecule has 0 radical (unpaired) electrons. The highest BCUT2D eigenvalue weighted by atomic mass is 16.6. The van der Waals surface area contributed by atoms with Crippen LogP contribution in [0.4, 0.5) is 4.79 Å². The second-order valence-electron chi connectivity index (χ2n) is 5.80. The zero-order chi connectivity index (χ0) is 16.8. The fourth-order valence-electron chi connectivity index (χ4n) is 2.70. The Morgan fingerprint density at radius 1 is 0.958 bits per heavy atom. The number of ether oxygens (including phenoxy) is 1. The molecule has 6 nitrogen and oxygen atoms in total. The maximum Gasteiger partial charge on any atom is 0.410 e. The lowest BCUT2D eigenvalue weighted by molar-refractivity contribution is -0.132. The lowest BCUT2D eigenvalue weighted by atomic mass is 10.2. The molecular formula is C18H21N3O3. The van der Waals surface area contributed by atoms with Crippen molar-refractivity contribution in [2.24, 2.45) is 0 Å². The third-order valence-corrected chi connectivity index (χ3v) is 4.11. The van der Waals surface area contributed by atoms with Gasteiger partial charge in [0.25, 0.3) is 0 Å². The Balaban J connectivity index is 1.42. The molecule has 2 heterocycles. The van der Waals surface area contributed by atoms with Gasteiger partial charge in [0.2, 0.25) is 5.91 Å². The molecule has 1 aromatic heterocycles. The summed E-state index contributed by atoms with van der Waals surface area (Å²) in [5.74, 6) is 0.0897. The molecule has 2 amide bonds. The number of aromatic nitrogens is 1. The van der Waals surface area contributed by atoms with Crippen LogP contribution in [0, 0.1) is 0 Å². The molecule has 1 aromatic carbocycles. The lowest BCUT2D eigenvalue weighted by Gasteiger charge is -2.34. The number of carbonyl (C=O) groups is 2. The van der Waals surface area contributed by atoms with Crippen molar-refractivity contribution in [3.63, 3.8) is 0 Å². The van der Waals surface area contributed by atoms with Crippen molar-refractivity contribution in [3.8, 4) is 0 Å². The van der Waals surface area contributed by atoms with E-state index in [1.165, 1.54) is 0 Å². The Bertz CT molecular complexity index is 662. The standard InChI is InChI=1S/C18H21N3O3/c22-17(12-16-6-7-19-13-16)20-8-10-21(11-9-20)18(23)24-14-15-4-2-1-3-5-15/h1-7,13,19H,8-12,14H2. The number of hydrogen-bond acceptors (Lipinski definition) is 3. The van der Waals surface area contributed by atoms with E-state index in [1.807, 2.05) is 48.8 Å². The summed E-state index contributed by atoms with van der Waals surface area (Å²) in [5, 5.41) is 0. The van der Waals surface area contributed by atoms with E-state index in [4.69, 9.17) is 4.74 Å². The van der Waals surface area contributed by atoms with E-state index in [1.54, 1.807) is 9.80 Å². The number of carbonyl (C=O) groups excluding carboxylic acids is 2. The van der Waals surface area contributed by atoms with Crippen LogP contribution in [0.25, 0.3) is 0 Å². The number of H-pyrrole nitrogens is 1. The smallest absolute Gasteiger partial charge is 0.410 e. The van der Waals surface area contributed by atoms with Gasteiger partial charge in [0.1, 0.15) is 6.61 Å². The summed E-state index contributed by atoms with van der Waals surface area (Å²) in [6.07, 6.45) is 3.71. The first-order chi connectivity index (χ1) is 11.7. The van der Waals surface area contributed by atoms with Gasteiger partial charge in [0, 0.05) is 38.6 Å². The van der Waals surface area contributed by atoms with Gasteiger partial charge in [-0.15, -0.1) is 0 Å². The molecule has 2 aromatic rings. The maximum atomic E-state index is 12.2. The summed E-state index contributed by atoms with van der Waals surface area (Å²) in [7, 11) is 0. The van der Waals surface area contributed by atoms with Crippen LogP contribution in [0.2, 0.25) is 0 Å². The Hall–Kier alpha value is -2.76. The number of nitrogens with one attached hydrogen (secondary N) is 1. The molecule has 126 valence electrons. The van der Waals surface area contributed by atoms with Crippen molar-refractivity contribution in [2.75, 3.05) is 26.2 Å². The first-order valence-corrected chi connectivity index (χ1v) is 8.07. The van der Waals surface area contributed by atoms with Crippen LogP contribution in [-0.2, 0) is 22.6 Å². The van der Waals surface area contributed by atoms with Gasteiger partial charge in [-0.25, -0.2) is 4.79 Å². The number of amides is 2. The highest BCUT2D eigenvalue weighted by molar-refractivity contribution is 5.79. The molecule has 0 atom stereocenters. The van der Waals surface area contributed by atoms with Crippen LogP contribution < -0.4 is 0 Å². The summed E-state index contributed by atoms with van der Waals surface area (Å²) in [4.78, 5) is 30.7. The number of benzene rings is 1. The minimum absolute atomic E-state index is 0.0897.